The zero-order valence-electron chi connectivity index (χ0n) is 12.2. The van der Waals surface area contributed by atoms with E-state index in [9.17, 15) is 4.79 Å². The number of methoxy groups -OCH3 is 1. The normalized spacial score (nSPS) is 16.8. The van der Waals surface area contributed by atoms with Gasteiger partial charge in [0.15, 0.2) is 5.82 Å². The van der Waals surface area contributed by atoms with Crippen molar-refractivity contribution in [2.24, 2.45) is 5.16 Å². The summed E-state index contributed by atoms with van der Waals surface area (Å²) in [6, 6.07) is 9.09. The van der Waals surface area contributed by atoms with Crippen LogP contribution in [0.1, 0.15) is 17.7 Å². The van der Waals surface area contributed by atoms with Crippen molar-refractivity contribution in [1.29, 1.82) is 0 Å². The number of rotatable bonds is 4. The van der Waals surface area contributed by atoms with Crippen LogP contribution in [0.25, 0.3) is 0 Å². The molecule has 22 heavy (non-hydrogen) atoms. The Bertz CT molecular complexity index is 723. The molecule has 1 aromatic heterocycles. The van der Waals surface area contributed by atoms with Crippen molar-refractivity contribution >= 4 is 17.4 Å². The summed E-state index contributed by atoms with van der Waals surface area (Å²) in [7, 11) is 1.60. The van der Waals surface area contributed by atoms with Gasteiger partial charge in [-0.05, 0) is 19.1 Å². The molecule has 0 unspecified atom stereocenters. The number of carbonyl (C=O) groups is 1. The second-order valence-corrected chi connectivity index (χ2v) is 4.88. The van der Waals surface area contributed by atoms with E-state index in [1.165, 1.54) is 0 Å². The van der Waals surface area contributed by atoms with E-state index in [-0.39, 0.29) is 5.91 Å². The number of aromatic nitrogens is 1. The van der Waals surface area contributed by atoms with E-state index in [0.29, 0.717) is 23.7 Å². The Morgan fingerprint density at radius 3 is 3.00 bits per heavy atom. The number of amides is 1. The number of benzene rings is 1. The third-order valence-electron chi connectivity index (χ3n) is 3.24. The highest BCUT2D eigenvalue weighted by molar-refractivity contribution is 6.06. The van der Waals surface area contributed by atoms with Gasteiger partial charge in [-0.25, -0.2) is 0 Å². The minimum atomic E-state index is -0.682. The Hall–Kier alpha value is -2.83. The Morgan fingerprint density at radius 2 is 2.27 bits per heavy atom. The number of oxime groups is 1. The van der Waals surface area contributed by atoms with E-state index in [4.69, 9.17) is 14.1 Å². The minimum Gasteiger partial charge on any atom is -0.497 e. The van der Waals surface area contributed by atoms with Crippen molar-refractivity contribution in [3.63, 3.8) is 0 Å². The fourth-order valence-electron chi connectivity index (χ4n) is 2.12. The summed E-state index contributed by atoms with van der Waals surface area (Å²) in [5.74, 6) is 1.40. The van der Waals surface area contributed by atoms with Crippen LogP contribution in [0.3, 0.4) is 0 Å². The van der Waals surface area contributed by atoms with Gasteiger partial charge in [-0.2, -0.15) is 0 Å². The van der Waals surface area contributed by atoms with Crippen LogP contribution in [-0.4, -0.2) is 30.0 Å². The summed E-state index contributed by atoms with van der Waals surface area (Å²) in [6.45, 7) is 1.75. The SMILES string of the molecule is COc1cccc(C2=NO[C@@H](C(=O)Nc3cc(C)on3)C2)c1. The van der Waals surface area contributed by atoms with Gasteiger partial charge in [-0.15, -0.1) is 0 Å². The molecule has 0 bridgehead atoms. The lowest BCUT2D eigenvalue weighted by Crippen LogP contribution is -2.28. The van der Waals surface area contributed by atoms with Gasteiger partial charge in [0.2, 0.25) is 6.10 Å². The summed E-state index contributed by atoms with van der Waals surface area (Å²) in [6.07, 6.45) is -0.297. The smallest absolute Gasteiger partial charge is 0.269 e. The molecule has 0 radical (unpaired) electrons. The summed E-state index contributed by atoms with van der Waals surface area (Å²) < 4.78 is 10.1. The minimum absolute atomic E-state index is 0.310. The number of carbonyl (C=O) groups excluding carboxylic acids is 1. The number of anilines is 1. The molecule has 7 nitrogen and oxygen atoms in total. The fraction of sp³-hybridized carbons (Fsp3) is 0.267. The molecule has 1 aliphatic heterocycles. The third kappa shape index (κ3) is 2.93. The van der Waals surface area contributed by atoms with Crippen molar-refractivity contribution in [2.75, 3.05) is 12.4 Å². The molecule has 1 N–H and O–H groups in total. The summed E-state index contributed by atoms with van der Waals surface area (Å²) in [4.78, 5) is 17.3. The average Bonchev–Trinajstić information content (AvgIpc) is 3.16. The zero-order valence-corrected chi connectivity index (χ0v) is 12.2. The molecule has 3 rings (SSSR count). The first-order chi connectivity index (χ1) is 10.7. The molecule has 1 atom stereocenters. The fourth-order valence-corrected chi connectivity index (χ4v) is 2.12. The van der Waals surface area contributed by atoms with Crippen molar-refractivity contribution < 1.29 is 18.9 Å². The molecule has 0 saturated heterocycles. The van der Waals surface area contributed by atoms with Crippen molar-refractivity contribution in [3.8, 4) is 5.75 Å². The average molecular weight is 301 g/mol. The molecule has 2 heterocycles. The summed E-state index contributed by atoms with van der Waals surface area (Å²) in [5, 5.41) is 10.3. The van der Waals surface area contributed by atoms with Crippen LogP contribution in [0.15, 0.2) is 40.0 Å². The Morgan fingerprint density at radius 1 is 1.41 bits per heavy atom. The molecule has 0 fully saturated rings. The molecule has 0 saturated carbocycles. The maximum atomic E-state index is 12.1. The van der Waals surface area contributed by atoms with Gasteiger partial charge in [-0.1, -0.05) is 22.4 Å². The van der Waals surface area contributed by atoms with Crippen LogP contribution in [-0.2, 0) is 9.63 Å². The van der Waals surface area contributed by atoms with Gasteiger partial charge in [0.05, 0.1) is 12.8 Å². The lowest BCUT2D eigenvalue weighted by atomic mass is 10.0. The van der Waals surface area contributed by atoms with E-state index < -0.39 is 6.10 Å². The lowest BCUT2D eigenvalue weighted by Gasteiger charge is -2.07. The van der Waals surface area contributed by atoms with Crippen LogP contribution in [0.2, 0.25) is 0 Å². The Kier molecular flexibility index (Phi) is 3.78. The van der Waals surface area contributed by atoms with Crippen molar-refractivity contribution in [1.82, 2.24) is 5.16 Å². The van der Waals surface area contributed by atoms with E-state index in [1.54, 1.807) is 20.1 Å². The number of hydrogen-bond donors (Lipinski definition) is 1. The van der Waals surface area contributed by atoms with Gasteiger partial charge in [0.1, 0.15) is 11.5 Å². The first-order valence-corrected chi connectivity index (χ1v) is 6.77. The van der Waals surface area contributed by atoms with E-state index in [1.807, 2.05) is 24.3 Å². The highest BCUT2D eigenvalue weighted by atomic mass is 16.6. The first kappa shape index (κ1) is 14.1. The molecule has 0 aliphatic carbocycles. The van der Waals surface area contributed by atoms with Crippen LogP contribution in [0, 0.1) is 6.92 Å². The summed E-state index contributed by atoms with van der Waals surface area (Å²) >= 11 is 0. The molecule has 1 aliphatic rings. The second-order valence-electron chi connectivity index (χ2n) is 4.88. The zero-order chi connectivity index (χ0) is 15.5. The first-order valence-electron chi connectivity index (χ1n) is 6.77. The second kappa shape index (κ2) is 5.88. The Balaban J connectivity index is 1.64. The largest absolute Gasteiger partial charge is 0.497 e. The number of aryl methyl sites for hydroxylation is 1. The Labute approximate surface area is 126 Å². The monoisotopic (exact) mass is 301 g/mol. The molecule has 2 aromatic rings. The number of nitrogens with zero attached hydrogens (tertiary/aromatic N) is 2. The van der Waals surface area contributed by atoms with Gasteiger partial charge < -0.3 is 19.4 Å². The van der Waals surface area contributed by atoms with Gasteiger partial charge in [0.25, 0.3) is 5.91 Å². The standard InChI is InChI=1S/C15H15N3O4/c1-9-6-14(18-21-9)16-15(19)13-8-12(17-22-13)10-4-3-5-11(7-10)20-2/h3-7,13H,8H2,1-2H3,(H,16,18,19)/t13-/m1/s1. The van der Waals surface area contributed by atoms with Crippen LogP contribution >= 0.6 is 0 Å². The van der Waals surface area contributed by atoms with E-state index in [2.05, 4.69) is 15.6 Å². The van der Waals surface area contributed by atoms with Gasteiger partial charge in [-0.3, -0.25) is 4.79 Å². The quantitative estimate of drug-likeness (QED) is 0.934. The number of ether oxygens (including phenoxy) is 1. The van der Waals surface area contributed by atoms with Crippen LogP contribution < -0.4 is 10.1 Å². The van der Waals surface area contributed by atoms with E-state index in [0.717, 1.165) is 11.3 Å². The molecule has 1 amide bonds. The predicted octanol–water partition coefficient (Wildman–Crippen LogP) is 2.12. The lowest BCUT2D eigenvalue weighted by molar-refractivity contribution is -0.125. The molecule has 1 aromatic carbocycles. The van der Waals surface area contributed by atoms with Gasteiger partial charge >= 0.3 is 0 Å². The highest BCUT2D eigenvalue weighted by Gasteiger charge is 2.29. The van der Waals surface area contributed by atoms with Gasteiger partial charge in [0, 0.05) is 18.1 Å². The number of hydrogen-bond acceptors (Lipinski definition) is 6. The predicted molar refractivity (Wildman–Crippen MR) is 78.9 cm³/mol. The maximum absolute atomic E-state index is 12.1. The highest BCUT2D eigenvalue weighted by Crippen LogP contribution is 2.21. The van der Waals surface area contributed by atoms with Crippen molar-refractivity contribution in [2.45, 2.75) is 19.4 Å². The topological polar surface area (TPSA) is 86.0 Å². The number of nitrogens with one attached hydrogen (secondary N) is 1. The van der Waals surface area contributed by atoms with Crippen LogP contribution in [0.4, 0.5) is 5.82 Å². The van der Waals surface area contributed by atoms with Crippen molar-refractivity contribution in [3.05, 3.63) is 41.7 Å². The molecular formula is C15H15N3O4. The van der Waals surface area contributed by atoms with E-state index >= 15 is 0 Å². The molecular weight excluding hydrogens is 286 g/mol. The molecule has 0 spiro atoms. The molecule has 114 valence electrons. The maximum Gasteiger partial charge on any atom is 0.269 e. The molecule has 7 heteroatoms. The van der Waals surface area contributed by atoms with Crippen LogP contribution in [0.5, 0.6) is 5.75 Å². The summed E-state index contributed by atoms with van der Waals surface area (Å²) in [5.41, 5.74) is 1.57. The third-order valence-corrected chi connectivity index (χ3v) is 3.24.